The van der Waals surface area contributed by atoms with Crippen molar-refractivity contribution in [3.05, 3.63) is 46.8 Å². The first-order chi connectivity index (χ1) is 16.4. The number of hydrogen-bond donors (Lipinski definition) is 1. The molecule has 1 aromatic carbocycles. The average Bonchev–Trinajstić information content (AvgIpc) is 3.26. The Labute approximate surface area is 207 Å². The predicted octanol–water partition coefficient (Wildman–Crippen LogP) is 2.89. The lowest BCUT2D eigenvalue weighted by Gasteiger charge is -2.32. The van der Waals surface area contributed by atoms with Crippen molar-refractivity contribution < 1.29 is 18.3 Å². The molecular formula is C23H27ClN4O4S2. The van der Waals surface area contributed by atoms with E-state index in [1.807, 2.05) is 24.3 Å². The Balaban J connectivity index is 1.46. The molecule has 3 aromatic rings. The number of halogens is 1. The van der Waals surface area contributed by atoms with Crippen molar-refractivity contribution in [2.24, 2.45) is 0 Å². The summed E-state index contributed by atoms with van der Waals surface area (Å²) in [7, 11) is 1.84. The minimum atomic E-state index is -3.66. The third kappa shape index (κ3) is 5.23. The van der Waals surface area contributed by atoms with E-state index in [0.29, 0.717) is 39.4 Å². The lowest BCUT2D eigenvalue weighted by Crippen LogP contribution is -2.46. The topological polar surface area (TPSA) is 86.2 Å². The van der Waals surface area contributed by atoms with Crippen molar-refractivity contribution in [1.29, 1.82) is 0 Å². The molecule has 182 valence electrons. The van der Waals surface area contributed by atoms with Gasteiger partial charge < -0.3 is 14.7 Å². The number of aromatic nitrogens is 1. The molecule has 2 aromatic heterocycles. The molecule has 0 saturated carbocycles. The van der Waals surface area contributed by atoms with Crippen LogP contribution < -0.4 is 4.90 Å². The van der Waals surface area contributed by atoms with Crippen LogP contribution in [0.15, 0.2) is 36.4 Å². The molecule has 0 aliphatic carbocycles. The predicted molar refractivity (Wildman–Crippen MR) is 136 cm³/mol. The van der Waals surface area contributed by atoms with Crippen LogP contribution in [0, 0.1) is 0 Å². The fourth-order valence-electron chi connectivity index (χ4n) is 4.46. The number of fused-ring (bicyclic) bond motifs is 1. The second-order valence-electron chi connectivity index (χ2n) is 8.54. The van der Waals surface area contributed by atoms with Crippen LogP contribution in [-0.4, -0.2) is 80.2 Å². The smallest absolute Gasteiger partial charge is 0.299 e. The fourth-order valence-corrected chi connectivity index (χ4v) is 6.67. The van der Waals surface area contributed by atoms with Gasteiger partial charge in [-0.15, -0.1) is 11.3 Å². The molecular weight excluding hydrogens is 496 g/mol. The summed E-state index contributed by atoms with van der Waals surface area (Å²) in [4.78, 5) is 10.8. The Kier molecular flexibility index (Phi) is 7.08. The van der Waals surface area contributed by atoms with Crippen LogP contribution in [0.25, 0.3) is 21.3 Å². The minimum Gasteiger partial charge on any atom is -0.392 e. The summed E-state index contributed by atoms with van der Waals surface area (Å²) in [6.07, 6.45) is 0. The Hall–Kier alpha value is -1.79. The molecule has 5 rings (SSSR count). The molecule has 0 amide bonds. The molecule has 11 heteroatoms. The maximum atomic E-state index is 11.6. The molecule has 8 nitrogen and oxygen atoms in total. The number of piperazine rings is 1. The zero-order valence-corrected chi connectivity index (χ0v) is 21.1. The normalized spacial score (nSPS) is 18.6. The van der Waals surface area contributed by atoms with Crippen LogP contribution >= 0.6 is 22.0 Å². The maximum Gasteiger partial charge on any atom is 0.299 e. The summed E-state index contributed by atoms with van der Waals surface area (Å²) in [6.45, 7) is 5.81. The largest absolute Gasteiger partial charge is 0.392 e. The number of pyridine rings is 1. The SMILES string of the molecule is O=S(=O)(Cl)N1CCN(Cc2cc3cc(-c4cccc(CO)c4)nc(N4CCOCC4)c3s2)CC1. The van der Waals surface area contributed by atoms with Gasteiger partial charge in [-0.1, -0.05) is 18.2 Å². The van der Waals surface area contributed by atoms with Crippen LogP contribution in [0.1, 0.15) is 10.4 Å². The van der Waals surface area contributed by atoms with Crippen molar-refractivity contribution in [2.45, 2.75) is 13.2 Å². The molecule has 4 heterocycles. The van der Waals surface area contributed by atoms with E-state index in [4.69, 9.17) is 20.4 Å². The van der Waals surface area contributed by atoms with E-state index in [2.05, 4.69) is 21.9 Å². The summed E-state index contributed by atoms with van der Waals surface area (Å²) < 4.78 is 31.2. The second kappa shape index (κ2) is 10.1. The number of thiophene rings is 1. The number of ether oxygens (including phenoxy) is 1. The molecule has 0 radical (unpaired) electrons. The first kappa shape index (κ1) is 23.9. The van der Waals surface area contributed by atoms with Gasteiger partial charge in [0.25, 0.3) is 9.24 Å². The Morgan fingerprint density at radius 3 is 2.53 bits per heavy atom. The molecule has 34 heavy (non-hydrogen) atoms. The average molecular weight is 523 g/mol. The molecule has 1 N–H and O–H groups in total. The minimum absolute atomic E-state index is 0.00666. The fraction of sp³-hybridized carbons (Fsp3) is 0.435. The Bertz CT molecular complexity index is 1270. The number of benzene rings is 1. The molecule has 0 spiro atoms. The van der Waals surface area contributed by atoms with E-state index in [-0.39, 0.29) is 6.61 Å². The number of anilines is 1. The van der Waals surface area contributed by atoms with E-state index in [0.717, 1.165) is 52.4 Å². The zero-order valence-electron chi connectivity index (χ0n) is 18.7. The highest BCUT2D eigenvalue weighted by atomic mass is 35.7. The third-order valence-electron chi connectivity index (χ3n) is 6.27. The van der Waals surface area contributed by atoms with Gasteiger partial charge in [0.05, 0.1) is 30.2 Å². The summed E-state index contributed by atoms with van der Waals surface area (Å²) in [6, 6.07) is 12.2. The molecule has 0 unspecified atom stereocenters. The van der Waals surface area contributed by atoms with Crippen molar-refractivity contribution in [1.82, 2.24) is 14.2 Å². The number of aliphatic hydroxyl groups excluding tert-OH is 1. The zero-order chi connectivity index (χ0) is 23.7. The summed E-state index contributed by atoms with van der Waals surface area (Å²) in [5.74, 6) is 0.972. The van der Waals surface area contributed by atoms with Gasteiger partial charge in [-0.25, -0.2) is 4.98 Å². The maximum absolute atomic E-state index is 11.6. The molecule has 0 bridgehead atoms. The van der Waals surface area contributed by atoms with Crippen LogP contribution in [0.3, 0.4) is 0 Å². The second-order valence-corrected chi connectivity index (χ2v) is 12.2. The monoisotopic (exact) mass is 522 g/mol. The lowest BCUT2D eigenvalue weighted by atomic mass is 10.1. The van der Waals surface area contributed by atoms with E-state index in [1.165, 1.54) is 9.18 Å². The Morgan fingerprint density at radius 2 is 1.82 bits per heavy atom. The van der Waals surface area contributed by atoms with Gasteiger partial charge >= 0.3 is 0 Å². The summed E-state index contributed by atoms with van der Waals surface area (Å²) in [5.41, 5.74) is 2.72. The quantitative estimate of drug-likeness (QED) is 0.498. The van der Waals surface area contributed by atoms with Gasteiger partial charge in [0.1, 0.15) is 5.82 Å². The number of hydrogen-bond acceptors (Lipinski definition) is 8. The van der Waals surface area contributed by atoms with Gasteiger partial charge in [-0.05, 0) is 29.1 Å². The standard InChI is InChI=1S/C23H27ClN4O4S2/c24-34(30,31)28-6-4-26(5-7-28)15-20-13-19-14-21(18-3-1-2-17(12-18)16-29)25-23(22(19)33-20)27-8-10-32-11-9-27/h1-3,12-14,29H,4-11,15-16H2. The van der Waals surface area contributed by atoms with Gasteiger partial charge in [0.15, 0.2) is 0 Å². The van der Waals surface area contributed by atoms with Crippen LogP contribution in [0.2, 0.25) is 0 Å². The Morgan fingerprint density at radius 1 is 1.06 bits per heavy atom. The van der Waals surface area contributed by atoms with Gasteiger partial charge in [0.2, 0.25) is 0 Å². The number of nitrogens with zero attached hydrogens (tertiary/aromatic N) is 4. The van der Waals surface area contributed by atoms with Gasteiger partial charge in [0, 0.05) is 66.9 Å². The third-order valence-corrected chi connectivity index (χ3v) is 8.97. The number of rotatable bonds is 6. The highest BCUT2D eigenvalue weighted by molar-refractivity contribution is 8.11. The molecule has 2 aliphatic heterocycles. The highest BCUT2D eigenvalue weighted by Gasteiger charge is 2.26. The molecule has 0 atom stereocenters. The van der Waals surface area contributed by atoms with Crippen LogP contribution in [0.4, 0.5) is 5.82 Å². The molecule has 2 fully saturated rings. The first-order valence-corrected chi connectivity index (χ1v) is 14.4. The van der Waals surface area contributed by atoms with Crippen molar-refractivity contribution >= 4 is 47.2 Å². The van der Waals surface area contributed by atoms with Crippen molar-refractivity contribution in [3.8, 4) is 11.3 Å². The van der Waals surface area contributed by atoms with Gasteiger partial charge in [-0.2, -0.15) is 12.7 Å². The summed E-state index contributed by atoms with van der Waals surface area (Å²) >= 11 is 1.74. The molecule has 2 aliphatic rings. The van der Waals surface area contributed by atoms with Crippen molar-refractivity contribution in [3.63, 3.8) is 0 Å². The van der Waals surface area contributed by atoms with Crippen LogP contribution in [0.5, 0.6) is 0 Å². The van der Waals surface area contributed by atoms with E-state index in [1.54, 1.807) is 11.3 Å². The van der Waals surface area contributed by atoms with E-state index < -0.39 is 9.24 Å². The number of morpholine rings is 1. The van der Waals surface area contributed by atoms with Crippen LogP contribution in [-0.2, 0) is 27.1 Å². The van der Waals surface area contributed by atoms with Gasteiger partial charge in [-0.3, -0.25) is 4.90 Å². The summed E-state index contributed by atoms with van der Waals surface area (Å²) in [5, 5.41) is 10.7. The van der Waals surface area contributed by atoms with E-state index in [9.17, 15) is 13.5 Å². The first-order valence-electron chi connectivity index (χ1n) is 11.3. The van der Waals surface area contributed by atoms with E-state index >= 15 is 0 Å². The molecule has 2 saturated heterocycles. The highest BCUT2D eigenvalue weighted by Crippen LogP contribution is 2.37. The number of aliphatic hydroxyl groups is 1. The van der Waals surface area contributed by atoms with Crippen molar-refractivity contribution in [2.75, 3.05) is 57.4 Å². The lowest BCUT2D eigenvalue weighted by molar-refractivity contribution is 0.122.